The van der Waals surface area contributed by atoms with Crippen LogP contribution >= 0.6 is 0 Å². The van der Waals surface area contributed by atoms with Gasteiger partial charge in [0.05, 0.1) is 12.8 Å². The Hall–Kier alpha value is -3.94. The molecule has 0 fully saturated rings. The molecule has 7 nitrogen and oxygen atoms in total. The molecule has 1 aliphatic heterocycles. The second-order valence-electron chi connectivity index (χ2n) is 6.71. The summed E-state index contributed by atoms with van der Waals surface area (Å²) in [5, 5.41) is 5.72. The number of halogens is 1. The predicted octanol–water partition coefficient (Wildman–Crippen LogP) is 4.19. The van der Waals surface area contributed by atoms with Gasteiger partial charge in [0.25, 0.3) is 0 Å². The quantitative estimate of drug-likeness (QED) is 0.599. The molecule has 1 aromatic heterocycles. The summed E-state index contributed by atoms with van der Waals surface area (Å²) in [5.41, 5.74) is 3.12. The lowest BCUT2D eigenvalue weighted by Crippen LogP contribution is -2.15. The van der Waals surface area contributed by atoms with Crippen molar-refractivity contribution in [3.05, 3.63) is 72.7 Å². The van der Waals surface area contributed by atoms with E-state index in [1.807, 2.05) is 18.2 Å². The molecule has 0 spiro atoms. The van der Waals surface area contributed by atoms with E-state index in [2.05, 4.69) is 27.2 Å². The SMILES string of the molecule is C=CC(=O)Nc1cccc(Nc2ncc(F)c(N(C)c3ccc4c(c3)CCO4)n2)c1. The molecule has 30 heavy (non-hydrogen) atoms. The van der Waals surface area contributed by atoms with E-state index in [4.69, 9.17) is 4.74 Å². The van der Waals surface area contributed by atoms with Gasteiger partial charge in [-0.25, -0.2) is 9.37 Å². The highest BCUT2D eigenvalue weighted by Crippen LogP contribution is 2.32. The molecule has 0 saturated carbocycles. The second-order valence-corrected chi connectivity index (χ2v) is 6.71. The molecule has 2 heterocycles. The zero-order chi connectivity index (χ0) is 21.1. The van der Waals surface area contributed by atoms with E-state index in [9.17, 15) is 9.18 Å². The van der Waals surface area contributed by atoms with Gasteiger partial charge in [-0.15, -0.1) is 0 Å². The van der Waals surface area contributed by atoms with E-state index in [1.54, 1.807) is 36.2 Å². The lowest BCUT2D eigenvalue weighted by molar-refractivity contribution is -0.111. The molecule has 0 atom stereocenters. The van der Waals surface area contributed by atoms with Crippen LogP contribution in [0.2, 0.25) is 0 Å². The van der Waals surface area contributed by atoms with Gasteiger partial charge in [0.1, 0.15) is 5.75 Å². The van der Waals surface area contributed by atoms with Gasteiger partial charge in [-0.1, -0.05) is 12.6 Å². The number of carbonyl (C=O) groups is 1. The Morgan fingerprint density at radius 1 is 1.27 bits per heavy atom. The van der Waals surface area contributed by atoms with Crippen LogP contribution in [0.1, 0.15) is 5.56 Å². The van der Waals surface area contributed by atoms with E-state index in [-0.39, 0.29) is 17.7 Å². The summed E-state index contributed by atoms with van der Waals surface area (Å²) in [4.78, 5) is 21.5. The van der Waals surface area contributed by atoms with E-state index in [1.165, 1.54) is 6.08 Å². The highest BCUT2D eigenvalue weighted by atomic mass is 19.1. The van der Waals surface area contributed by atoms with Crippen LogP contribution in [-0.4, -0.2) is 29.5 Å². The van der Waals surface area contributed by atoms with Crippen LogP contribution in [0.25, 0.3) is 0 Å². The van der Waals surface area contributed by atoms with E-state index in [0.29, 0.717) is 18.0 Å². The fraction of sp³-hybridized carbons (Fsp3) is 0.136. The lowest BCUT2D eigenvalue weighted by atomic mass is 10.1. The Bertz CT molecular complexity index is 1120. The van der Waals surface area contributed by atoms with E-state index >= 15 is 0 Å². The maximum Gasteiger partial charge on any atom is 0.247 e. The van der Waals surface area contributed by atoms with Crippen LogP contribution in [0, 0.1) is 5.82 Å². The van der Waals surface area contributed by atoms with Gasteiger partial charge in [0.15, 0.2) is 11.6 Å². The molecule has 0 aliphatic carbocycles. The van der Waals surface area contributed by atoms with Crippen LogP contribution < -0.4 is 20.3 Å². The van der Waals surface area contributed by atoms with Gasteiger partial charge < -0.3 is 20.3 Å². The fourth-order valence-corrected chi connectivity index (χ4v) is 3.15. The molecule has 2 N–H and O–H groups in total. The number of hydrogen-bond acceptors (Lipinski definition) is 6. The summed E-state index contributed by atoms with van der Waals surface area (Å²) in [7, 11) is 1.75. The Balaban J connectivity index is 1.57. The Kier molecular flexibility index (Phi) is 5.30. The third-order valence-electron chi connectivity index (χ3n) is 4.68. The number of amides is 1. The third-order valence-corrected chi connectivity index (χ3v) is 4.68. The summed E-state index contributed by atoms with van der Waals surface area (Å²) < 4.78 is 20.0. The molecular weight excluding hydrogens is 385 g/mol. The fourth-order valence-electron chi connectivity index (χ4n) is 3.15. The molecule has 152 valence electrons. The summed E-state index contributed by atoms with van der Waals surface area (Å²) in [5.74, 6) is 0.388. The maximum absolute atomic E-state index is 14.5. The third kappa shape index (κ3) is 4.07. The van der Waals surface area contributed by atoms with Crippen molar-refractivity contribution >= 4 is 34.7 Å². The van der Waals surface area contributed by atoms with Crippen molar-refractivity contribution in [3.8, 4) is 5.75 Å². The monoisotopic (exact) mass is 405 g/mol. The van der Waals surface area contributed by atoms with Crippen LogP contribution in [0.5, 0.6) is 5.75 Å². The number of aromatic nitrogens is 2. The minimum absolute atomic E-state index is 0.141. The summed E-state index contributed by atoms with van der Waals surface area (Å²) in [6, 6.07) is 12.8. The molecule has 4 rings (SSSR count). The molecule has 0 bridgehead atoms. The summed E-state index contributed by atoms with van der Waals surface area (Å²) in [6.07, 6.45) is 3.15. The first-order valence-corrected chi connectivity index (χ1v) is 9.36. The largest absolute Gasteiger partial charge is 0.493 e. The van der Waals surface area contributed by atoms with Gasteiger partial charge in [0, 0.05) is 30.5 Å². The first kappa shape index (κ1) is 19.4. The highest BCUT2D eigenvalue weighted by Gasteiger charge is 2.17. The van der Waals surface area contributed by atoms with Crippen molar-refractivity contribution in [1.82, 2.24) is 9.97 Å². The number of benzene rings is 2. The minimum Gasteiger partial charge on any atom is -0.493 e. The number of rotatable bonds is 6. The molecule has 3 aromatic rings. The van der Waals surface area contributed by atoms with Crippen molar-refractivity contribution in [2.45, 2.75) is 6.42 Å². The van der Waals surface area contributed by atoms with Gasteiger partial charge >= 0.3 is 0 Å². The Morgan fingerprint density at radius 2 is 2.10 bits per heavy atom. The second kappa shape index (κ2) is 8.20. The average molecular weight is 405 g/mol. The van der Waals surface area contributed by atoms with Crippen molar-refractivity contribution in [3.63, 3.8) is 0 Å². The number of nitrogens with zero attached hydrogens (tertiary/aromatic N) is 3. The van der Waals surface area contributed by atoms with Gasteiger partial charge in [0.2, 0.25) is 11.9 Å². The molecule has 1 aliphatic rings. The van der Waals surface area contributed by atoms with Gasteiger partial charge in [-0.05, 0) is 48.0 Å². The number of carbonyl (C=O) groups excluding carboxylic acids is 1. The normalized spacial score (nSPS) is 11.9. The highest BCUT2D eigenvalue weighted by molar-refractivity contribution is 5.99. The molecule has 1 amide bonds. The molecule has 0 saturated heterocycles. The zero-order valence-electron chi connectivity index (χ0n) is 16.4. The molecule has 8 heteroatoms. The summed E-state index contributed by atoms with van der Waals surface area (Å²) >= 11 is 0. The number of anilines is 5. The Morgan fingerprint density at radius 3 is 2.93 bits per heavy atom. The number of hydrogen-bond donors (Lipinski definition) is 2. The summed E-state index contributed by atoms with van der Waals surface area (Å²) in [6.45, 7) is 4.09. The van der Waals surface area contributed by atoms with Crippen molar-refractivity contribution < 1.29 is 13.9 Å². The van der Waals surface area contributed by atoms with Crippen LogP contribution in [0.15, 0.2) is 61.3 Å². The molecule has 2 aromatic carbocycles. The van der Waals surface area contributed by atoms with E-state index in [0.717, 1.165) is 29.6 Å². The Labute approximate surface area is 173 Å². The van der Waals surface area contributed by atoms with Crippen LogP contribution in [0.4, 0.5) is 33.2 Å². The van der Waals surface area contributed by atoms with Crippen molar-refractivity contribution in [2.24, 2.45) is 0 Å². The number of fused-ring (bicyclic) bond motifs is 1. The van der Waals surface area contributed by atoms with Crippen molar-refractivity contribution in [2.75, 3.05) is 29.2 Å². The van der Waals surface area contributed by atoms with Gasteiger partial charge in [-0.3, -0.25) is 4.79 Å². The average Bonchev–Trinajstić information content (AvgIpc) is 3.22. The topological polar surface area (TPSA) is 79.4 Å². The van der Waals surface area contributed by atoms with Gasteiger partial charge in [-0.2, -0.15) is 4.98 Å². The lowest BCUT2D eigenvalue weighted by Gasteiger charge is -2.20. The molecule has 0 radical (unpaired) electrons. The number of ether oxygens (including phenoxy) is 1. The minimum atomic E-state index is -0.535. The smallest absolute Gasteiger partial charge is 0.247 e. The number of nitrogens with one attached hydrogen (secondary N) is 2. The maximum atomic E-state index is 14.5. The van der Waals surface area contributed by atoms with Crippen molar-refractivity contribution in [1.29, 1.82) is 0 Å². The van der Waals surface area contributed by atoms with Crippen LogP contribution in [-0.2, 0) is 11.2 Å². The predicted molar refractivity (Wildman–Crippen MR) is 114 cm³/mol. The molecular formula is C22H20FN5O2. The zero-order valence-corrected chi connectivity index (χ0v) is 16.4. The van der Waals surface area contributed by atoms with E-state index < -0.39 is 5.82 Å². The first-order valence-electron chi connectivity index (χ1n) is 9.36. The molecule has 0 unspecified atom stereocenters. The first-order chi connectivity index (χ1) is 14.5. The standard InChI is InChI=1S/C22H20FN5O2/c1-3-20(29)25-15-5-4-6-16(12-15)26-22-24-13-18(23)21(27-22)28(2)17-7-8-19-14(11-17)9-10-30-19/h3-8,11-13H,1,9-10H2,2H3,(H,25,29)(H,24,26,27). The van der Waals surface area contributed by atoms with Crippen LogP contribution in [0.3, 0.4) is 0 Å².